The first-order valence-electron chi connectivity index (χ1n) is 10.5. The molecule has 0 spiro atoms. The Morgan fingerprint density at radius 1 is 1.00 bits per heavy atom. The summed E-state index contributed by atoms with van der Waals surface area (Å²) in [5, 5.41) is 3.04. The van der Waals surface area contributed by atoms with Gasteiger partial charge in [0.1, 0.15) is 0 Å². The Morgan fingerprint density at radius 2 is 1.62 bits per heavy atom. The largest absolute Gasteiger partial charge is 0.342 e. The van der Waals surface area contributed by atoms with Crippen molar-refractivity contribution in [3.8, 4) is 0 Å². The first kappa shape index (κ1) is 21.1. The van der Waals surface area contributed by atoms with E-state index in [0.717, 1.165) is 16.8 Å². The zero-order chi connectivity index (χ0) is 21.0. The summed E-state index contributed by atoms with van der Waals surface area (Å²) in [5.41, 5.74) is 4.40. The maximum absolute atomic E-state index is 12.6. The highest BCUT2D eigenvalue weighted by molar-refractivity contribution is 5.92. The minimum atomic E-state index is -0.0418. The second-order valence-corrected chi connectivity index (χ2v) is 9.07. The van der Waals surface area contributed by atoms with E-state index >= 15 is 0 Å². The van der Waals surface area contributed by atoms with Crippen LogP contribution in [0, 0.1) is 12.8 Å². The van der Waals surface area contributed by atoms with Crippen molar-refractivity contribution in [2.45, 2.75) is 52.4 Å². The molecule has 1 saturated heterocycles. The van der Waals surface area contributed by atoms with Gasteiger partial charge in [-0.2, -0.15) is 0 Å². The van der Waals surface area contributed by atoms with Crippen molar-refractivity contribution in [3.63, 3.8) is 0 Å². The number of rotatable bonds is 4. The fourth-order valence-electron chi connectivity index (χ4n) is 3.77. The fourth-order valence-corrected chi connectivity index (χ4v) is 3.77. The lowest BCUT2D eigenvalue weighted by molar-refractivity contribution is -0.133. The Bertz CT molecular complexity index is 857. The topological polar surface area (TPSA) is 49.4 Å². The summed E-state index contributed by atoms with van der Waals surface area (Å²) in [4.78, 5) is 27.2. The number of hydrogen-bond donors (Lipinski definition) is 1. The molecule has 1 heterocycles. The van der Waals surface area contributed by atoms with E-state index in [-0.39, 0.29) is 23.1 Å². The lowest BCUT2D eigenvalue weighted by atomic mass is 9.87. The molecule has 0 aromatic heterocycles. The molecule has 0 atom stereocenters. The van der Waals surface area contributed by atoms with E-state index in [2.05, 4.69) is 38.2 Å². The molecule has 0 aliphatic carbocycles. The summed E-state index contributed by atoms with van der Waals surface area (Å²) >= 11 is 0. The minimum Gasteiger partial charge on any atom is -0.342 e. The number of carbonyl (C=O) groups is 2. The molecule has 4 nitrogen and oxygen atoms in total. The third-order valence-corrected chi connectivity index (χ3v) is 5.84. The van der Waals surface area contributed by atoms with Crippen LogP contribution in [-0.4, -0.2) is 29.8 Å². The van der Waals surface area contributed by atoms with Gasteiger partial charge in [-0.25, -0.2) is 0 Å². The molecule has 2 amide bonds. The smallest absolute Gasteiger partial charge is 0.227 e. The van der Waals surface area contributed by atoms with Crippen LogP contribution in [0.25, 0.3) is 0 Å². The molecular formula is C25H32N2O2. The van der Waals surface area contributed by atoms with Crippen molar-refractivity contribution in [1.29, 1.82) is 0 Å². The molecule has 1 fully saturated rings. The SMILES string of the molecule is Cc1ccccc1CC(=O)N1CCC(C(=O)Nc2ccc(C(C)(C)C)cc2)CC1. The van der Waals surface area contributed by atoms with Crippen LogP contribution >= 0.6 is 0 Å². The number of hydrogen-bond acceptors (Lipinski definition) is 2. The van der Waals surface area contributed by atoms with Gasteiger partial charge in [0.25, 0.3) is 0 Å². The van der Waals surface area contributed by atoms with Crippen molar-refractivity contribution >= 4 is 17.5 Å². The van der Waals surface area contributed by atoms with Crippen LogP contribution in [0.1, 0.15) is 50.3 Å². The lowest BCUT2D eigenvalue weighted by Crippen LogP contribution is -2.42. The van der Waals surface area contributed by atoms with Gasteiger partial charge in [-0.1, -0.05) is 57.2 Å². The van der Waals surface area contributed by atoms with Crippen LogP contribution in [0.5, 0.6) is 0 Å². The van der Waals surface area contributed by atoms with Crippen LogP contribution in [0.4, 0.5) is 5.69 Å². The highest BCUT2D eigenvalue weighted by Gasteiger charge is 2.27. The normalized spacial score (nSPS) is 15.2. The standard InChI is InChI=1S/C25H32N2O2/c1-18-7-5-6-8-20(18)17-23(28)27-15-13-19(14-16-27)24(29)26-22-11-9-21(10-12-22)25(2,3)4/h5-12,19H,13-17H2,1-4H3,(H,26,29). The predicted molar refractivity (Wildman–Crippen MR) is 118 cm³/mol. The van der Waals surface area contributed by atoms with E-state index in [1.54, 1.807) is 0 Å². The molecule has 0 bridgehead atoms. The number of aryl methyl sites for hydroxylation is 1. The van der Waals surface area contributed by atoms with E-state index in [0.29, 0.717) is 32.4 Å². The molecule has 1 aliphatic heterocycles. The number of carbonyl (C=O) groups excluding carboxylic acids is 2. The van der Waals surface area contributed by atoms with Crippen LogP contribution < -0.4 is 5.32 Å². The molecule has 0 saturated carbocycles. The van der Waals surface area contributed by atoms with Crippen LogP contribution in [-0.2, 0) is 21.4 Å². The molecule has 0 unspecified atom stereocenters. The number of nitrogens with zero attached hydrogens (tertiary/aromatic N) is 1. The highest BCUT2D eigenvalue weighted by Crippen LogP contribution is 2.25. The zero-order valence-corrected chi connectivity index (χ0v) is 18.0. The average molecular weight is 393 g/mol. The summed E-state index contributed by atoms with van der Waals surface area (Å²) in [6, 6.07) is 16.1. The van der Waals surface area contributed by atoms with E-state index in [1.807, 2.05) is 48.2 Å². The van der Waals surface area contributed by atoms with E-state index in [1.165, 1.54) is 5.56 Å². The second-order valence-electron chi connectivity index (χ2n) is 9.07. The van der Waals surface area contributed by atoms with Crippen molar-refractivity contribution < 1.29 is 9.59 Å². The molecule has 1 aliphatic rings. The first-order valence-corrected chi connectivity index (χ1v) is 10.5. The number of benzene rings is 2. The van der Waals surface area contributed by atoms with Crippen LogP contribution in [0.2, 0.25) is 0 Å². The number of nitrogens with one attached hydrogen (secondary N) is 1. The van der Waals surface area contributed by atoms with Gasteiger partial charge in [-0.05, 0) is 54.0 Å². The number of likely N-dealkylation sites (tertiary alicyclic amines) is 1. The fraction of sp³-hybridized carbons (Fsp3) is 0.440. The molecule has 154 valence electrons. The highest BCUT2D eigenvalue weighted by atomic mass is 16.2. The van der Waals surface area contributed by atoms with Gasteiger partial charge in [-0.3, -0.25) is 9.59 Å². The van der Waals surface area contributed by atoms with Gasteiger partial charge in [-0.15, -0.1) is 0 Å². The average Bonchev–Trinajstić information content (AvgIpc) is 2.69. The maximum Gasteiger partial charge on any atom is 0.227 e. The molecular weight excluding hydrogens is 360 g/mol. The number of amides is 2. The van der Waals surface area contributed by atoms with Gasteiger partial charge >= 0.3 is 0 Å². The Hall–Kier alpha value is -2.62. The van der Waals surface area contributed by atoms with Crippen molar-refractivity contribution in [1.82, 2.24) is 4.90 Å². The minimum absolute atomic E-state index is 0.0418. The van der Waals surface area contributed by atoms with E-state index in [4.69, 9.17) is 0 Å². The molecule has 29 heavy (non-hydrogen) atoms. The summed E-state index contributed by atoms with van der Waals surface area (Å²) in [5.74, 6) is 0.162. The van der Waals surface area contributed by atoms with Gasteiger partial charge in [0, 0.05) is 24.7 Å². The Morgan fingerprint density at radius 3 is 2.21 bits per heavy atom. The first-order chi connectivity index (χ1) is 13.7. The van der Waals surface area contributed by atoms with Gasteiger partial charge in [0.2, 0.25) is 11.8 Å². The van der Waals surface area contributed by atoms with Crippen LogP contribution in [0.3, 0.4) is 0 Å². The Balaban J connectivity index is 1.50. The lowest BCUT2D eigenvalue weighted by Gasteiger charge is -2.31. The second kappa shape index (κ2) is 8.81. The summed E-state index contributed by atoms with van der Waals surface area (Å²) in [7, 11) is 0. The quantitative estimate of drug-likeness (QED) is 0.819. The third kappa shape index (κ3) is 5.47. The van der Waals surface area contributed by atoms with Gasteiger partial charge in [0.15, 0.2) is 0 Å². The maximum atomic E-state index is 12.6. The molecule has 1 N–H and O–H groups in total. The van der Waals surface area contributed by atoms with Gasteiger partial charge < -0.3 is 10.2 Å². The Labute approximate surface area is 174 Å². The molecule has 2 aromatic rings. The zero-order valence-electron chi connectivity index (χ0n) is 18.0. The van der Waals surface area contributed by atoms with Crippen molar-refractivity contribution in [3.05, 3.63) is 65.2 Å². The number of piperidine rings is 1. The summed E-state index contributed by atoms with van der Waals surface area (Å²) in [6.45, 7) is 9.85. The summed E-state index contributed by atoms with van der Waals surface area (Å²) < 4.78 is 0. The monoisotopic (exact) mass is 392 g/mol. The van der Waals surface area contributed by atoms with E-state index < -0.39 is 0 Å². The molecule has 2 aromatic carbocycles. The Kier molecular flexibility index (Phi) is 6.41. The molecule has 0 radical (unpaired) electrons. The summed E-state index contributed by atoms with van der Waals surface area (Å²) in [6.07, 6.45) is 1.86. The van der Waals surface area contributed by atoms with E-state index in [9.17, 15) is 9.59 Å². The molecule has 4 heteroatoms. The molecule has 3 rings (SSSR count). The van der Waals surface area contributed by atoms with Crippen molar-refractivity contribution in [2.24, 2.45) is 5.92 Å². The van der Waals surface area contributed by atoms with Crippen molar-refractivity contribution in [2.75, 3.05) is 18.4 Å². The third-order valence-electron chi connectivity index (χ3n) is 5.84. The van der Waals surface area contributed by atoms with Crippen LogP contribution in [0.15, 0.2) is 48.5 Å². The van der Waals surface area contributed by atoms with Gasteiger partial charge in [0.05, 0.1) is 6.42 Å². The predicted octanol–water partition coefficient (Wildman–Crippen LogP) is 4.71. The number of anilines is 1.